The third-order valence-corrected chi connectivity index (χ3v) is 3.91. The fourth-order valence-electron chi connectivity index (χ4n) is 2.69. The van der Waals surface area contributed by atoms with Crippen molar-refractivity contribution in [2.45, 2.75) is 51.1 Å². The van der Waals surface area contributed by atoms with Gasteiger partial charge in [-0.25, -0.2) is 0 Å². The van der Waals surface area contributed by atoms with Crippen molar-refractivity contribution in [1.82, 2.24) is 9.80 Å². The summed E-state index contributed by atoms with van der Waals surface area (Å²) in [5.41, 5.74) is 0. The predicted molar refractivity (Wildman–Crippen MR) is 66.7 cm³/mol. The van der Waals surface area contributed by atoms with Crippen molar-refractivity contribution in [3.05, 3.63) is 0 Å². The van der Waals surface area contributed by atoms with E-state index in [1.807, 2.05) is 4.90 Å². The SMILES string of the molecule is CC1CCCCN1C(=O)CN(CCO)C1CC1. The number of carbonyl (C=O) groups excluding carboxylic acids is 1. The van der Waals surface area contributed by atoms with Crippen molar-refractivity contribution in [3.63, 3.8) is 0 Å². The van der Waals surface area contributed by atoms with E-state index in [1.54, 1.807) is 0 Å². The summed E-state index contributed by atoms with van der Waals surface area (Å²) in [5, 5.41) is 9.02. The van der Waals surface area contributed by atoms with Gasteiger partial charge in [-0.1, -0.05) is 0 Å². The van der Waals surface area contributed by atoms with Gasteiger partial charge < -0.3 is 10.0 Å². The van der Waals surface area contributed by atoms with E-state index in [2.05, 4.69) is 11.8 Å². The molecule has 0 radical (unpaired) electrons. The molecule has 17 heavy (non-hydrogen) atoms. The number of carbonyl (C=O) groups is 1. The molecule has 1 aliphatic heterocycles. The van der Waals surface area contributed by atoms with Crippen molar-refractivity contribution in [3.8, 4) is 0 Å². The van der Waals surface area contributed by atoms with Gasteiger partial charge in [0.25, 0.3) is 0 Å². The molecule has 1 atom stereocenters. The molecule has 4 heteroatoms. The van der Waals surface area contributed by atoms with Crippen LogP contribution in [0.5, 0.6) is 0 Å². The fraction of sp³-hybridized carbons (Fsp3) is 0.923. The number of hydrogen-bond acceptors (Lipinski definition) is 3. The van der Waals surface area contributed by atoms with Crippen molar-refractivity contribution in [2.75, 3.05) is 26.2 Å². The van der Waals surface area contributed by atoms with Gasteiger partial charge in [0, 0.05) is 25.2 Å². The number of aliphatic hydroxyl groups excluding tert-OH is 1. The third kappa shape index (κ3) is 3.42. The highest BCUT2D eigenvalue weighted by molar-refractivity contribution is 5.78. The summed E-state index contributed by atoms with van der Waals surface area (Å²) >= 11 is 0. The minimum absolute atomic E-state index is 0.152. The Morgan fingerprint density at radius 3 is 2.71 bits per heavy atom. The summed E-state index contributed by atoms with van der Waals surface area (Å²) in [5.74, 6) is 0.248. The van der Waals surface area contributed by atoms with Crippen molar-refractivity contribution in [1.29, 1.82) is 0 Å². The summed E-state index contributed by atoms with van der Waals surface area (Å²) in [4.78, 5) is 16.4. The van der Waals surface area contributed by atoms with Crippen LogP contribution >= 0.6 is 0 Å². The monoisotopic (exact) mass is 240 g/mol. The quantitative estimate of drug-likeness (QED) is 0.774. The molecule has 1 saturated carbocycles. The highest BCUT2D eigenvalue weighted by atomic mass is 16.3. The normalized spacial score (nSPS) is 25.4. The minimum Gasteiger partial charge on any atom is -0.395 e. The molecule has 1 amide bonds. The molecule has 98 valence electrons. The van der Waals surface area contributed by atoms with E-state index < -0.39 is 0 Å². The third-order valence-electron chi connectivity index (χ3n) is 3.91. The van der Waals surface area contributed by atoms with Crippen molar-refractivity contribution in [2.24, 2.45) is 0 Å². The molecule has 1 aliphatic carbocycles. The van der Waals surface area contributed by atoms with Crippen LogP contribution in [-0.2, 0) is 4.79 Å². The van der Waals surface area contributed by atoms with E-state index in [1.165, 1.54) is 19.3 Å². The van der Waals surface area contributed by atoms with Gasteiger partial charge in [0.05, 0.1) is 13.2 Å². The minimum atomic E-state index is 0.152. The first-order valence-electron chi connectivity index (χ1n) is 6.86. The Kier molecular flexibility index (Phi) is 4.40. The molecular weight excluding hydrogens is 216 g/mol. The van der Waals surface area contributed by atoms with Crippen LogP contribution in [0.3, 0.4) is 0 Å². The van der Waals surface area contributed by atoms with Crippen LogP contribution in [0.4, 0.5) is 0 Å². The largest absolute Gasteiger partial charge is 0.395 e. The zero-order chi connectivity index (χ0) is 12.3. The Morgan fingerprint density at radius 2 is 2.12 bits per heavy atom. The van der Waals surface area contributed by atoms with Gasteiger partial charge in [-0.15, -0.1) is 0 Å². The van der Waals surface area contributed by atoms with Crippen LogP contribution in [0, 0.1) is 0 Å². The van der Waals surface area contributed by atoms with Crippen molar-refractivity contribution >= 4 is 5.91 Å². The van der Waals surface area contributed by atoms with Gasteiger partial charge in [-0.2, -0.15) is 0 Å². The topological polar surface area (TPSA) is 43.8 Å². The van der Waals surface area contributed by atoms with Gasteiger partial charge >= 0.3 is 0 Å². The molecule has 2 aliphatic rings. The van der Waals surface area contributed by atoms with E-state index in [0.29, 0.717) is 25.2 Å². The van der Waals surface area contributed by atoms with Gasteiger partial charge in [0.2, 0.25) is 5.91 Å². The number of amides is 1. The number of likely N-dealkylation sites (tertiary alicyclic amines) is 1. The first kappa shape index (κ1) is 12.8. The highest BCUT2D eigenvalue weighted by Crippen LogP contribution is 2.26. The molecule has 0 aromatic carbocycles. The molecule has 0 aromatic rings. The number of aliphatic hydroxyl groups is 1. The maximum atomic E-state index is 12.2. The maximum absolute atomic E-state index is 12.2. The lowest BCUT2D eigenvalue weighted by atomic mass is 10.0. The van der Waals surface area contributed by atoms with Gasteiger partial charge in [0.15, 0.2) is 0 Å². The Morgan fingerprint density at radius 1 is 1.35 bits per heavy atom. The summed E-state index contributed by atoms with van der Waals surface area (Å²) in [7, 11) is 0. The smallest absolute Gasteiger partial charge is 0.236 e. The lowest BCUT2D eigenvalue weighted by Crippen LogP contribution is -2.47. The molecule has 2 rings (SSSR count). The molecule has 2 fully saturated rings. The summed E-state index contributed by atoms with van der Waals surface area (Å²) < 4.78 is 0. The Bertz CT molecular complexity index is 266. The molecule has 0 spiro atoms. The average Bonchev–Trinajstić information content (AvgIpc) is 3.12. The highest BCUT2D eigenvalue weighted by Gasteiger charge is 2.32. The van der Waals surface area contributed by atoms with Crippen LogP contribution < -0.4 is 0 Å². The van der Waals surface area contributed by atoms with E-state index in [4.69, 9.17) is 5.11 Å². The van der Waals surface area contributed by atoms with Gasteiger partial charge in [-0.3, -0.25) is 9.69 Å². The Labute approximate surface area is 104 Å². The van der Waals surface area contributed by atoms with E-state index in [9.17, 15) is 4.79 Å². The number of nitrogens with zero attached hydrogens (tertiary/aromatic N) is 2. The first-order valence-corrected chi connectivity index (χ1v) is 6.86. The molecule has 4 nitrogen and oxygen atoms in total. The predicted octanol–water partition coefficient (Wildman–Crippen LogP) is 0.844. The molecule has 1 heterocycles. The molecule has 0 bridgehead atoms. The second kappa shape index (κ2) is 5.83. The molecule has 1 saturated heterocycles. The zero-order valence-corrected chi connectivity index (χ0v) is 10.8. The maximum Gasteiger partial charge on any atom is 0.236 e. The lowest BCUT2D eigenvalue weighted by Gasteiger charge is -2.35. The molecule has 1 unspecified atom stereocenters. The van der Waals surface area contributed by atoms with Gasteiger partial charge in [0.1, 0.15) is 0 Å². The summed E-state index contributed by atoms with van der Waals surface area (Å²) in [6, 6.07) is 0.942. The number of rotatable bonds is 5. The van der Waals surface area contributed by atoms with Crippen LogP contribution in [0.2, 0.25) is 0 Å². The zero-order valence-electron chi connectivity index (χ0n) is 10.8. The van der Waals surface area contributed by atoms with Crippen LogP contribution in [-0.4, -0.2) is 59.1 Å². The van der Waals surface area contributed by atoms with Gasteiger partial charge in [-0.05, 0) is 39.0 Å². The average molecular weight is 240 g/mol. The molecular formula is C13H24N2O2. The fourth-order valence-corrected chi connectivity index (χ4v) is 2.69. The number of hydrogen-bond donors (Lipinski definition) is 1. The Hall–Kier alpha value is -0.610. The van der Waals surface area contributed by atoms with Crippen molar-refractivity contribution < 1.29 is 9.90 Å². The van der Waals surface area contributed by atoms with E-state index >= 15 is 0 Å². The lowest BCUT2D eigenvalue weighted by molar-refractivity contribution is -0.135. The second-order valence-corrected chi connectivity index (χ2v) is 5.36. The second-order valence-electron chi connectivity index (χ2n) is 5.36. The van der Waals surface area contributed by atoms with Crippen LogP contribution in [0.1, 0.15) is 39.0 Å². The van der Waals surface area contributed by atoms with Crippen LogP contribution in [0.25, 0.3) is 0 Å². The molecule has 1 N–H and O–H groups in total. The summed E-state index contributed by atoms with van der Waals surface area (Å²) in [6.07, 6.45) is 5.88. The summed E-state index contributed by atoms with van der Waals surface area (Å²) in [6.45, 7) is 4.34. The Balaban J connectivity index is 1.85. The number of piperidine rings is 1. The van der Waals surface area contributed by atoms with E-state index in [-0.39, 0.29) is 12.5 Å². The van der Waals surface area contributed by atoms with E-state index in [0.717, 1.165) is 19.4 Å². The standard InChI is InChI=1S/C13H24N2O2/c1-11-4-2-3-7-15(11)13(17)10-14(8-9-16)12-5-6-12/h11-12,16H,2-10H2,1H3. The van der Waals surface area contributed by atoms with Crippen LogP contribution in [0.15, 0.2) is 0 Å². The molecule has 0 aromatic heterocycles. The first-order chi connectivity index (χ1) is 8.22.